The van der Waals surface area contributed by atoms with E-state index in [1.54, 1.807) is 19.7 Å². The van der Waals surface area contributed by atoms with Crippen LogP contribution in [0.3, 0.4) is 0 Å². The van der Waals surface area contributed by atoms with E-state index in [0.717, 1.165) is 38.3 Å². The first-order valence-electron chi connectivity index (χ1n) is 8.61. The first-order valence-corrected chi connectivity index (χ1v) is 8.61. The number of halogens is 1. The number of hydrogen-bond donors (Lipinski definition) is 2. The van der Waals surface area contributed by atoms with Gasteiger partial charge in [-0.2, -0.15) is 0 Å². The lowest BCUT2D eigenvalue weighted by atomic mass is 10.1. The molecule has 1 atom stereocenters. The van der Waals surface area contributed by atoms with Crippen LogP contribution in [0.5, 0.6) is 0 Å². The predicted octanol–water partition coefficient (Wildman–Crippen LogP) is 3.16. The molecule has 7 heteroatoms. The van der Waals surface area contributed by atoms with Crippen LogP contribution < -0.4 is 10.6 Å². The van der Waals surface area contributed by atoms with Crippen LogP contribution in [-0.4, -0.2) is 34.3 Å². The Hall–Kier alpha value is -1.64. The number of nitrogens with zero attached hydrogens (tertiary/aromatic N) is 4. The van der Waals surface area contributed by atoms with Crippen molar-refractivity contribution in [2.45, 2.75) is 45.7 Å². The molecule has 1 aromatic heterocycles. The van der Waals surface area contributed by atoms with Crippen LogP contribution in [0, 0.1) is 0 Å². The Balaban J connectivity index is 0.00000312. The molecule has 2 rings (SSSR count). The lowest BCUT2D eigenvalue weighted by Gasteiger charge is -2.18. The monoisotopic (exact) mass is 456 g/mol. The maximum absolute atomic E-state index is 4.30. The highest BCUT2D eigenvalue weighted by atomic mass is 127. The molecule has 1 aromatic carbocycles. The summed E-state index contributed by atoms with van der Waals surface area (Å²) in [6, 6.07) is 8.97. The number of benzene rings is 1. The highest BCUT2D eigenvalue weighted by Crippen LogP contribution is 2.13. The number of hydrogen-bond acceptors (Lipinski definition) is 3. The Kier molecular flexibility index (Phi) is 10.1. The molecule has 0 aliphatic rings. The fraction of sp³-hybridized carbons (Fsp3) is 0.500. The molecule has 6 nitrogen and oxygen atoms in total. The van der Waals surface area contributed by atoms with Gasteiger partial charge in [0.1, 0.15) is 12.7 Å². The maximum atomic E-state index is 4.30. The summed E-state index contributed by atoms with van der Waals surface area (Å²) in [5.41, 5.74) is 2.63. The zero-order valence-electron chi connectivity index (χ0n) is 15.3. The standard InChI is InChI=1S/C18H28N6.HI/c1-4-16-7-9-17(10-8-16)15(2)23-18(19-3)20-11-5-6-12-24-13-21-22-14-24;/h7-10,13-15H,4-6,11-12H2,1-3H3,(H2,19,20,23);1H. The van der Waals surface area contributed by atoms with Gasteiger partial charge in [0, 0.05) is 20.1 Å². The van der Waals surface area contributed by atoms with Gasteiger partial charge in [0.25, 0.3) is 0 Å². The number of aliphatic imine (C=N–C) groups is 1. The van der Waals surface area contributed by atoms with Gasteiger partial charge in [-0.05, 0) is 37.3 Å². The van der Waals surface area contributed by atoms with Crippen molar-refractivity contribution in [2.24, 2.45) is 4.99 Å². The van der Waals surface area contributed by atoms with Crippen molar-refractivity contribution < 1.29 is 0 Å². The Labute approximate surface area is 167 Å². The molecule has 0 fully saturated rings. The lowest BCUT2D eigenvalue weighted by molar-refractivity contribution is 0.593. The molecule has 25 heavy (non-hydrogen) atoms. The van der Waals surface area contributed by atoms with Gasteiger partial charge < -0.3 is 15.2 Å². The molecular formula is C18H29IN6. The third kappa shape index (κ3) is 7.41. The van der Waals surface area contributed by atoms with Crippen LogP contribution in [0.25, 0.3) is 0 Å². The third-order valence-corrected chi connectivity index (χ3v) is 4.07. The Morgan fingerprint density at radius 1 is 1.16 bits per heavy atom. The molecule has 1 heterocycles. The number of guanidine groups is 1. The number of aromatic nitrogens is 3. The topological polar surface area (TPSA) is 67.1 Å². The molecule has 0 aliphatic heterocycles. The highest BCUT2D eigenvalue weighted by Gasteiger charge is 2.07. The molecule has 0 radical (unpaired) electrons. The van der Waals surface area contributed by atoms with Gasteiger partial charge in [-0.3, -0.25) is 4.99 Å². The molecule has 1 unspecified atom stereocenters. The summed E-state index contributed by atoms with van der Waals surface area (Å²) in [6.07, 6.45) is 6.72. The van der Waals surface area contributed by atoms with Crippen LogP contribution in [0.1, 0.15) is 43.9 Å². The van der Waals surface area contributed by atoms with Gasteiger partial charge in [-0.1, -0.05) is 31.2 Å². The minimum Gasteiger partial charge on any atom is -0.356 e. The quantitative estimate of drug-likeness (QED) is 0.277. The van der Waals surface area contributed by atoms with E-state index < -0.39 is 0 Å². The number of unbranched alkanes of at least 4 members (excludes halogenated alkanes) is 1. The second-order valence-electron chi connectivity index (χ2n) is 5.87. The van der Waals surface area contributed by atoms with Crippen LogP contribution >= 0.6 is 24.0 Å². The van der Waals surface area contributed by atoms with Gasteiger partial charge in [-0.15, -0.1) is 34.2 Å². The molecule has 0 saturated heterocycles. The van der Waals surface area contributed by atoms with Crippen molar-refractivity contribution in [1.29, 1.82) is 0 Å². The van der Waals surface area contributed by atoms with E-state index in [9.17, 15) is 0 Å². The largest absolute Gasteiger partial charge is 0.356 e. The third-order valence-electron chi connectivity index (χ3n) is 4.07. The first kappa shape index (κ1) is 21.4. The predicted molar refractivity (Wildman–Crippen MR) is 113 cm³/mol. The van der Waals surface area contributed by atoms with E-state index in [4.69, 9.17) is 0 Å². The highest BCUT2D eigenvalue weighted by molar-refractivity contribution is 14.0. The summed E-state index contributed by atoms with van der Waals surface area (Å²) in [4.78, 5) is 4.30. The summed E-state index contributed by atoms with van der Waals surface area (Å²) >= 11 is 0. The van der Waals surface area contributed by atoms with Gasteiger partial charge >= 0.3 is 0 Å². The summed E-state index contributed by atoms with van der Waals surface area (Å²) < 4.78 is 2.00. The van der Waals surface area contributed by atoms with E-state index in [1.165, 1.54) is 11.1 Å². The van der Waals surface area contributed by atoms with Crippen molar-refractivity contribution in [3.8, 4) is 0 Å². The number of aryl methyl sites for hydroxylation is 2. The summed E-state index contributed by atoms with van der Waals surface area (Å²) in [5, 5.41) is 14.4. The second kappa shape index (κ2) is 11.8. The van der Waals surface area contributed by atoms with Crippen molar-refractivity contribution in [2.75, 3.05) is 13.6 Å². The van der Waals surface area contributed by atoms with Gasteiger partial charge in [0.05, 0.1) is 6.04 Å². The smallest absolute Gasteiger partial charge is 0.191 e. The van der Waals surface area contributed by atoms with E-state index in [2.05, 4.69) is 63.9 Å². The molecule has 0 bridgehead atoms. The van der Waals surface area contributed by atoms with E-state index >= 15 is 0 Å². The average molecular weight is 456 g/mol. The SMILES string of the molecule is CCc1ccc(C(C)NC(=NC)NCCCCn2cnnc2)cc1.I. The molecule has 2 aromatic rings. The summed E-state index contributed by atoms with van der Waals surface area (Å²) in [7, 11) is 1.80. The van der Waals surface area contributed by atoms with Crippen molar-refractivity contribution in [1.82, 2.24) is 25.4 Å². The fourth-order valence-electron chi connectivity index (χ4n) is 2.49. The molecule has 0 spiro atoms. The van der Waals surface area contributed by atoms with Crippen molar-refractivity contribution >= 4 is 29.9 Å². The molecular weight excluding hydrogens is 427 g/mol. The lowest BCUT2D eigenvalue weighted by Crippen LogP contribution is -2.39. The minimum atomic E-state index is 0. The van der Waals surface area contributed by atoms with Crippen LogP contribution in [0.4, 0.5) is 0 Å². The van der Waals surface area contributed by atoms with Gasteiger partial charge in [0.15, 0.2) is 5.96 Å². The van der Waals surface area contributed by atoms with Crippen LogP contribution in [-0.2, 0) is 13.0 Å². The van der Waals surface area contributed by atoms with Crippen LogP contribution in [0.2, 0.25) is 0 Å². The molecule has 2 N–H and O–H groups in total. The summed E-state index contributed by atoms with van der Waals surface area (Å²) in [6.45, 7) is 6.16. The minimum absolute atomic E-state index is 0. The van der Waals surface area contributed by atoms with Gasteiger partial charge in [0.2, 0.25) is 0 Å². The van der Waals surface area contributed by atoms with Crippen LogP contribution in [0.15, 0.2) is 41.9 Å². The van der Waals surface area contributed by atoms with Crippen molar-refractivity contribution in [3.63, 3.8) is 0 Å². The molecule has 138 valence electrons. The van der Waals surface area contributed by atoms with Gasteiger partial charge in [-0.25, -0.2) is 0 Å². The molecule has 0 aliphatic carbocycles. The Morgan fingerprint density at radius 2 is 1.84 bits per heavy atom. The fourth-order valence-corrected chi connectivity index (χ4v) is 2.49. The normalized spacial score (nSPS) is 12.4. The zero-order chi connectivity index (χ0) is 17.2. The first-order chi connectivity index (χ1) is 11.7. The zero-order valence-corrected chi connectivity index (χ0v) is 17.6. The number of rotatable bonds is 8. The van der Waals surface area contributed by atoms with Crippen molar-refractivity contribution in [3.05, 3.63) is 48.0 Å². The van der Waals surface area contributed by atoms with E-state index in [-0.39, 0.29) is 30.0 Å². The molecule has 0 amide bonds. The molecule has 0 saturated carbocycles. The Morgan fingerprint density at radius 3 is 2.44 bits per heavy atom. The second-order valence-corrected chi connectivity index (χ2v) is 5.87. The summed E-state index contributed by atoms with van der Waals surface area (Å²) in [5.74, 6) is 0.839. The average Bonchev–Trinajstić information content (AvgIpc) is 3.13. The van der Waals surface area contributed by atoms with E-state index in [0.29, 0.717) is 0 Å². The van der Waals surface area contributed by atoms with E-state index in [1.807, 2.05) is 4.57 Å². The Bertz CT molecular complexity index is 609. The maximum Gasteiger partial charge on any atom is 0.191 e. The number of nitrogens with one attached hydrogen (secondary N) is 2.